The summed E-state index contributed by atoms with van der Waals surface area (Å²) in [7, 11) is 0. The molecule has 4 unspecified atom stereocenters. The molecule has 0 radical (unpaired) electrons. The summed E-state index contributed by atoms with van der Waals surface area (Å²) in [5, 5.41) is 13.2. The van der Waals surface area contributed by atoms with Crippen LogP contribution in [0.5, 0.6) is 5.75 Å². The Morgan fingerprint density at radius 1 is 1.22 bits per heavy atom. The summed E-state index contributed by atoms with van der Waals surface area (Å²) in [5.74, 6) is -4.88. The molecule has 4 atom stereocenters. The third-order valence-corrected chi connectivity index (χ3v) is 7.21. The van der Waals surface area contributed by atoms with Crippen molar-refractivity contribution in [2.45, 2.75) is 30.8 Å². The van der Waals surface area contributed by atoms with E-state index < -0.39 is 53.3 Å². The minimum absolute atomic E-state index is 0.0177. The van der Waals surface area contributed by atoms with Gasteiger partial charge in [-0.05, 0) is 48.3 Å². The second-order valence-corrected chi connectivity index (χ2v) is 9.65. The van der Waals surface area contributed by atoms with Crippen molar-refractivity contribution >= 4 is 29.5 Å². The Morgan fingerprint density at radius 3 is 2.64 bits per heavy atom. The van der Waals surface area contributed by atoms with Crippen molar-refractivity contribution < 1.29 is 37.4 Å². The van der Waals surface area contributed by atoms with Crippen LogP contribution >= 0.6 is 11.8 Å². The van der Waals surface area contributed by atoms with Gasteiger partial charge in [0.1, 0.15) is 11.3 Å². The van der Waals surface area contributed by atoms with Crippen LogP contribution in [0.1, 0.15) is 23.7 Å². The number of carbonyl (C=O) groups is 3. The highest BCUT2D eigenvalue weighted by Crippen LogP contribution is 2.50. The molecule has 2 N–H and O–H groups in total. The van der Waals surface area contributed by atoms with Crippen LogP contribution in [0.25, 0.3) is 0 Å². The Labute approximate surface area is 209 Å². The number of imide groups is 1. The van der Waals surface area contributed by atoms with Crippen LogP contribution in [-0.2, 0) is 20.8 Å². The van der Waals surface area contributed by atoms with E-state index in [4.69, 9.17) is 0 Å². The van der Waals surface area contributed by atoms with E-state index in [1.807, 2.05) is 0 Å². The fourth-order valence-electron chi connectivity index (χ4n) is 5.04. The van der Waals surface area contributed by atoms with Gasteiger partial charge >= 0.3 is 12.3 Å². The number of aromatic nitrogens is 1. The number of amides is 2. The number of rotatable bonds is 9. The first kappa shape index (κ1) is 26.0. The van der Waals surface area contributed by atoms with Gasteiger partial charge in [-0.3, -0.25) is 29.6 Å². The number of thioether (sulfide) groups is 1. The number of alkyl halides is 3. The van der Waals surface area contributed by atoms with Crippen molar-refractivity contribution in [1.29, 1.82) is 0 Å². The Kier molecular flexibility index (Phi) is 7.28. The number of halogens is 3. The zero-order valence-corrected chi connectivity index (χ0v) is 20.0. The molecule has 2 aliphatic rings. The second-order valence-electron chi connectivity index (χ2n) is 8.66. The highest BCUT2D eigenvalue weighted by atomic mass is 32.2. The minimum Gasteiger partial charge on any atom is -0.480 e. The lowest BCUT2D eigenvalue weighted by atomic mass is 9.78. The van der Waals surface area contributed by atoms with Gasteiger partial charge in [0.15, 0.2) is 0 Å². The number of likely N-dealkylation sites (tertiary alicyclic amines) is 1. The molecule has 192 valence electrons. The van der Waals surface area contributed by atoms with Gasteiger partial charge in [-0.15, -0.1) is 13.2 Å². The summed E-state index contributed by atoms with van der Waals surface area (Å²) in [6, 6.07) is 9.31. The Hall–Kier alpha value is -3.12. The number of aliphatic carboxylic acids is 1. The Bertz CT molecular complexity index is 1150. The van der Waals surface area contributed by atoms with Crippen LogP contribution < -0.4 is 10.1 Å². The van der Waals surface area contributed by atoms with Crippen LogP contribution in [0.4, 0.5) is 13.2 Å². The molecule has 0 spiro atoms. The molecule has 2 aromatic rings. The van der Waals surface area contributed by atoms with Crippen LogP contribution in [0.15, 0.2) is 48.7 Å². The van der Waals surface area contributed by atoms with Crippen molar-refractivity contribution in [3.05, 3.63) is 59.9 Å². The molecule has 1 aromatic heterocycles. The van der Waals surface area contributed by atoms with Crippen molar-refractivity contribution in [3.63, 3.8) is 0 Å². The molecule has 8 nitrogen and oxygen atoms in total. The topological polar surface area (TPSA) is 109 Å². The van der Waals surface area contributed by atoms with E-state index in [9.17, 15) is 32.7 Å². The molecule has 2 saturated heterocycles. The summed E-state index contributed by atoms with van der Waals surface area (Å²) in [4.78, 5) is 44.9. The number of benzene rings is 1. The SMILES string of the molecule is CSCCC1(C(=O)O)NC(c2cccc(OC(F)(F)F)c2)C2C(=O)N(CCc3ccccn3)C(=O)C21. The molecule has 1 aromatic carbocycles. The van der Waals surface area contributed by atoms with Gasteiger partial charge < -0.3 is 9.84 Å². The van der Waals surface area contributed by atoms with Crippen LogP contribution in [0, 0.1) is 11.8 Å². The Morgan fingerprint density at radius 2 is 2.00 bits per heavy atom. The normalized spacial score (nSPS) is 25.8. The zero-order valence-electron chi connectivity index (χ0n) is 19.2. The molecule has 0 bridgehead atoms. The summed E-state index contributed by atoms with van der Waals surface area (Å²) in [5.41, 5.74) is -0.869. The van der Waals surface area contributed by atoms with E-state index in [-0.39, 0.29) is 24.9 Å². The predicted octanol–water partition coefficient (Wildman–Crippen LogP) is 3.04. The third-order valence-electron chi connectivity index (χ3n) is 6.60. The zero-order chi connectivity index (χ0) is 26.1. The summed E-state index contributed by atoms with van der Waals surface area (Å²) in [6.45, 7) is 0.0177. The van der Waals surface area contributed by atoms with Gasteiger partial charge in [-0.1, -0.05) is 18.2 Å². The molecule has 4 rings (SSSR count). The second kappa shape index (κ2) is 10.1. The quantitative estimate of drug-likeness (QED) is 0.483. The highest BCUT2D eigenvalue weighted by molar-refractivity contribution is 7.98. The van der Waals surface area contributed by atoms with Crippen molar-refractivity contribution in [2.75, 3.05) is 18.6 Å². The summed E-state index contributed by atoms with van der Waals surface area (Å²) in [6.07, 6.45) is -1.21. The third kappa shape index (κ3) is 4.92. The fourth-order valence-corrected chi connectivity index (χ4v) is 5.57. The number of carboxylic acid groups (broad SMARTS) is 1. The monoisotopic (exact) mass is 523 g/mol. The maximum absolute atomic E-state index is 13.5. The number of hydrogen-bond donors (Lipinski definition) is 2. The number of ether oxygens (including phenoxy) is 1. The molecule has 3 heterocycles. The Balaban J connectivity index is 1.71. The minimum atomic E-state index is -4.92. The van der Waals surface area contributed by atoms with E-state index in [2.05, 4.69) is 15.0 Å². The van der Waals surface area contributed by atoms with E-state index >= 15 is 0 Å². The van der Waals surface area contributed by atoms with Crippen molar-refractivity contribution in [1.82, 2.24) is 15.2 Å². The van der Waals surface area contributed by atoms with Gasteiger partial charge in [0.05, 0.1) is 11.8 Å². The van der Waals surface area contributed by atoms with E-state index in [1.165, 1.54) is 23.9 Å². The number of carboxylic acids is 1. The van der Waals surface area contributed by atoms with Crippen LogP contribution in [-0.4, -0.2) is 63.2 Å². The lowest BCUT2D eigenvalue weighted by Crippen LogP contribution is -2.56. The number of fused-ring (bicyclic) bond motifs is 1. The molecular formula is C24H24F3N3O5S. The maximum Gasteiger partial charge on any atom is 0.573 e. The first-order chi connectivity index (χ1) is 17.1. The van der Waals surface area contributed by atoms with Gasteiger partial charge in [-0.25, -0.2) is 0 Å². The summed E-state index contributed by atoms with van der Waals surface area (Å²) >= 11 is 1.39. The molecule has 12 heteroatoms. The van der Waals surface area contributed by atoms with Gasteiger partial charge in [-0.2, -0.15) is 11.8 Å². The van der Waals surface area contributed by atoms with Gasteiger partial charge in [0, 0.05) is 30.9 Å². The number of carbonyl (C=O) groups excluding carboxylic acids is 2. The van der Waals surface area contributed by atoms with Gasteiger partial charge in [0.2, 0.25) is 11.8 Å². The van der Waals surface area contributed by atoms with Crippen molar-refractivity contribution in [2.24, 2.45) is 11.8 Å². The lowest BCUT2D eigenvalue weighted by Gasteiger charge is -2.31. The largest absolute Gasteiger partial charge is 0.573 e. The first-order valence-electron chi connectivity index (χ1n) is 11.2. The molecule has 0 aliphatic carbocycles. The predicted molar refractivity (Wildman–Crippen MR) is 124 cm³/mol. The van der Waals surface area contributed by atoms with Crippen LogP contribution in [0.3, 0.4) is 0 Å². The number of nitrogens with zero attached hydrogens (tertiary/aromatic N) is 2. The molecule has 36 heavy (non-hydrogen) atoms. The molecule has 0 saturated carbocycles. The number of nitrogens with one attached hydrogen (secondary N) is 1. The average molecular weight is 524 g/mol. The van der Waals surface area contributed by atoms with Crippen molar-refractivity contribution in [3.8, 4) is 5.75 Å². The van der Waals surface area contributed by atoms with E-state index in [0.29, 0.717) is 11.4 Å². The van der Waals surface area contributed by atoms with E-state index in [0.717, 1.165) is 17.0 Å². The smallest absolute Gasteiger partial charge is 0.480 e. The molecular weight excluding hydrogens is 499 g/mol. The van der Waals surface area contributed by atoms with E-state index in [1.54, 1.807) is 30.7 Å². The number of hydrogen-bond acceptors (Lipinski definition) is 7. The number of pyridine rings is 1. The molecule has 2 fully saturated rings. The highest BCUT2D eigenvalue weighted by Gasteiger charge is 2.68. The molecule has 2 amide bonds. The molecule has 2 aliphatic heterocycles. The maximum atomic E-state index is 13.5. The summed E-state index contributed by atoms with van der Waals surface area (Å²) < 4.78 is 42.4. The first-order valence-corrected chi connectivity index (χ1v) is 12.6. The lowest BCUT2D eigenvalue weighted by molar-refractivity contribution is -0.274. The standard InChI is InChI=1S/C24H24F3N3O5S/c1-36-12-9-23(22(33)34)18-17(19(29-23)14-5-4-7-16(13-14)35-24(25,26)27)20(31)30(21(18)32)11-8-15-6-2-3-10-28-15/h2-7,10,13,17-19,29H,8-9,11-12H2,1H3,(H,33,34). The fraction of sp³-hybridized carbons (Fsp3) is 0.417. The van der Waals surface area contributed by atoms with Gasteiger partial charge in [0.25, 0.3) is 0 Å². The van der Waals surface area contributed by atoms with Crippen LogP contribution in [0.2, 0.25) is 0 Å². The average Bonchev–Trinajstić information content (AvgIpc) is 3.30.